The number of benzene rings is 4. The van der Waals surface area contributed by atoms with Crippen molar-refractivity contribution >= 4 is 0 Å². The molecule has 0 atom stereocenters. The molecule has 154 valence electrons. The van der Waals surface area contributed by atoms with Gasteiger partial charge in [0.15, 0.2) is 17.5 Å². The Hall–Kier alpha value is -4.18. The quantitative estimate of drug-likeness (QED) is 0.316. The molecular weight excluding hydrogens is 397 g/mol. The Morgan fingerprint density at radius 1 is 0.500 bits per heavy atom. The van der Waals surface area contributed by atoms with Gasteiger partial charge in [0.05, 0.1) is 0 Å². The summed E-state index contributed by atoms with van der Waals surface area (Å²) in [5.41, 5.74) is 5.69. The molecule has 4 aromatic carbocycles. The van der Waals surface area contributed by atoms with E-state index in [9.17, 15) is 4.39 Å². The zero-order chi connectivity index (χ0) is 21.9. The molecule has 0 unspecified atom stereocenters. The molecule has 0 N–H and O–H groups in total. The van der Waals surface area contributed by atoms with Crippen molar-refractivity contribution in [1.29, 1.82) is 0 Å². The minimum absolute atomic E-state index is 0.262. The Balaban J connectivity index is 1.75. The maximum atomic E-state index is 13.6. The normalized spacial score (nSPS) is 10.8. The predicted molar refractivity (Wildman–Crippen MR) is 126 cm³/mol. The van der Waals surface area contributed by atoms with E-state index in [1.54, 1.807) is 12.1 Å². The maximum Gasteiger partial charge on any atom is 0.164 e. The van der Waals surface area contributed by atoms with Gasteiger partial charge in [0, 0.05) is 16.7 Å². The molecule has 0 spiro atoms. The lowest BCUT2D eigenvalue weighted by Crippen LogP contribution is -2.01. The van der Waals surface area contributed by atoms with Gasteiger partial charge in [-0.15, -0.1) is 0 Å². The summed E-state index contributed by atoms with van der Waals surface area (Å²) < 4.78 is 13.6. The van der Waals surface area contributed by atoms with E-state index in [0.717, 1.165) is 33.4 Å². The van der Waals surface area contributed by atoms with Crippen molar-refractivity contribution in [2.24, 2.45) is 0 Å². The zero-order valence-electron chi connectivity index (χ0n) is 17.5. The van der Waals surface area contributed by atoms with Crippen LogP contribution in [-0.2, 0) is 0 Å². The Bertz CT molecular complexity index is 1310. The maximum absolute atomic E-state index is 13.6. The van der Waals surface area contributed by atoms with Crippen LogP contribution in [0.1, 0.15) is 5.56 Å². The first-order chi connectivity index (χ1) is 15.7. The van der Waals surface area contributed by atoms with Crippen LogP contribution in [0.25, 0.3) is 45.3 Å². The molecule has 5 aromatic rings. The summed E-state index contributed by atoms with van der Waals surface area (Å²) in [7, 11) is 0. The Kier molecular flexibility index (Phi) is 5.26. The zero-order valence-corrected chi connectivity index (χ0v) is 17.5. The van der Waals surface area contributed by atoms with Gasteiger partial charge >= 0.3 is 0 Å². The number of aromatic nitrogens is 3. The molecule has 4 heteroatoms. The molecule has 1 aromatic heterocycles. The van der Waals surface area contributed by atoms with Crippen molar-refractivity contribution in [3.8, 4) is 45.3 Å². The first kappa shape index (κ1) is 19.8. The number of rotatable bonds is 4. The van der Waals surface area contributed by atoms with Crippen LogP contribution in [0, 0.1) is 12.7 Å². The molecule has 0 saturated carbocycles. The smallest absolute Gasteiger partial charge is 0.164 e. The van der Waals surface area contributed by atoms with Crippen LogP contribution in [0.3, 0.4) is 0 Å². The van der Waals surface area contributed by atoms with Gasteiger partial charge in [-0.2, -0.15) is 0 Å². The van der Waals surface area contributed by atoms with Crippen molar-refractivity contribution < 1.29 is 4.39 Å². The van der Waals surface area contributed by atoms with Gasteiger partial charge in [-0.05, 0) is 35.7 Å². The molecule has 0 aliphatic rings. The van der Waals surface area contributed by atoms with Gasteiger partial charge in [-0.25, -0.2) is 19.3 Å². The van der Waals surface area contributed by atoms with Crippen LogP contribution in [0.15, 0.2) is 103 Å². The molecule has 0 radical (unpaired) electrons. The third-order valence-corrected chi connectivity index (χ3v) is 5.35. The molecule has 3 nitrogen and oxygen atoms in total. The summed E-state index contributed by atoms with van der Waals surface area (Å²) in [5, 5.41) is 0. The average molecular weight is 417 g/mol. The van der Waals surface area contributed by atoms with Crippen molar-refractivity contribution in [3.63, 3.8) is 0 Å². The van der Waals surface area contributed by atoms with E-state index in [-0.39, 0.29) is 5.82 Å². The standard InChI is InChI=1S/C28H20FN3/c1-19-9-8-14-24(25(19)20-15-17-23(29)18-16-20)28-31-26(21-10-4-2-5-11-21)30-27(32-28)22-12-6-3-7-13-22/h2-18H,1H3. The molecule has 0 bridgehead atoms. The molecule has 0 amide bonds. The third kappa shape index (κ3) is 3.91. The lowest BCUT2D eigenvalue weighted by molar-refractivity contribution is 0.628. The fourth-order valence-corrected chi connectivity index (χ4v) is 3.78. The lowest BCUT2D eigenvalue weighted by atomic mass is 9.94. The lowest BCUT2D eigenvalue weighted by Gasteiger charge is -2.14. The molecular formula is C28H20FN3. The molecule has 32 heavy (non-hydrogen) atoms. The number of aryl methyl sites for hydroxylation is 1. The van der Waals surface area contributed by atoms with Crippen LogP contribution in [0.4, 0.5) is 4.39 Å². The second kappa shape index (κ2) is 8.52. The van der Waals surface area contributed by atoms with Crippen LogP contribution < -0.4 is 0 Å². The van der Waals surface area contributed by atoms with E-state index in [0.29, 0.717) is 17.5 Å². The predicted octanol–water partition coefficient (Wildman–Crippen LogP) is 6.99. The highest BCUT2D eigenvalue weighted by Crippen LogP contribution is 2.34. The summed E-state index contributed by atoms with van der Waals surface area (Å²) in [5.74, 6) is 1.55. The topological polar surface area (TPSA) is 38.7 Å². The molecule has 0 aliphatic carbocycles. The second-order valence-corrected chi connectivity index (χ2v) is 7.54. The largest absolute Gasteiger partial charge is 0.208 e. The number of nitrogens with zero attached hydrogens (tertiary/aromatic N) is 3. The van der Waals surface area contributed by atoms with Crippen molar-refractivity contribution in [3.05, 3.63) is 115 Å². The molecule has 5 rings (SSSR count). The van der Waals surface area contributed by atoms with Gasteiger partial charge in [-0.1, -0.05) is 91.0 Å². The second-order valence-electron chi connectivity index (χ2n) is 7.54. The fourth-order valence-electron chi connectivity index (χ4n) is 3.78. The van der Waals surface area contributed by atoms with Crippen LogP contribution in [0.2, 0.25) is 0 Å². The Morgan fingerprint density at radius 2 is 1.03 bits per heavy atom. The van der Waals surface area contributed by atoms with Gasteiger partial charge in [0.25, 0.3) is 0 Å². The highest BCUT2D eigenvalue weighted by molar-refractivity contribution is 5.84. The van der Waals surface area contributed by atoms with E-state index in [1.165, 1.54) is 12.1 Å². The van der Waals surface area contributed by atoms with E-state index >= 15 is 0 Å². The molecule has 0 aliphatic heterocycles. The van der Waals surface area contributed by atoms with Crippen molar-refractivity contribution in [1.82, 2.24) is 15.0 Å². The monoisotopic (exact) mass is 417 g/mol. The van der Waals surface area contributed by atoms with Gasteiger partial charge in [0.2, 0.25) is 0 Å². The van der Waals surface area contributed by atoms with E-state index in [2.05, 4.69) is 0 Å². The molecule has 0 fully saturated rings. The summed E-state index contributed by atoms with van der Waals surface area (Å²) in [6, 6.07) is 32.4. The van der Waals surface area contributed by atoms with E-state index < -0.39 is 0 Å². The molecule has 0 saturated heterocycles. The van der Waals surface area contributed by atoms with Crippen LogP contribution in [-0.4, -0.2) is 15.0 Å². The number of hydrogen-bond acceptors (Lipinski definition) is 3. The summed E-state index contributed by atoms with van der Waals surface area (Å²) in [6.45, 7) is 2.04. The fraction of sp³-hybridized carbons (Fsp3) is 0.0357. The first-order valence-electron chi connectivity index (χ1n) is 10.4. The number of halogens is 1. The minimum Gasteiger partial charge on any atom is -0.208 e. The van der Waals surface area contributed by atoms with Crippen molar-refractivity contribution in [2.45, 2.75) is 6.92 Å². The summed E-state index contributed by atoms with van der Waals surface area (Å²) in [4.78, 5) is 14.5. The summed E-state index contributed by atoms with van der Waals surface area (Å²) >= 11 is 0. The van der Waals surface area contributed by atoms with Gasteiger partial charge < -0.3 is 0 Å². The van der Waals surface area contributed by atoms with Crippen LogP contribution >= 0.6 is 0 Å². The SMILES string of the molecule is Cc1cccc(-c2nc(-c3ccccc3)nc(-c3ccccc3)n2)c1-c1ccc(F)cc1. The van der Waals surface area contributed by atoms with Crippen LogP contribution in [0.5, 0.6) is 0 Å². The van der Waals surface area contributed by atoms with Gasteiger partial charge in [0.1, 0.15) is 5.82 Å². The Labute approximate surface area is 186 Å². The Morgan fingerprint density at radius 3 is 1.59 bits per heavy atom. The third-order valence-electron chi connectivity index (χ3n) is 5.35. The number of hydrogen-bond donors (Lipinski definition) is 0. The summed E-state index contributed by atoms with van der Waals surface area (Å²) in [6.07, 6.45) is 0. The van der Waals surface area contributed by atoms with E-state index in [4.69, 9.17) is 15.0 Å². The highest BCUT2D eigenvalue weighted by atomic mass is 19.1. The minimum atomic E-state index is -0.262. The molecule has 1 heterocycles. The average Bonchev–Trinajstić information content (AvgIpc) is 2.85. The van der Waals surface area contributed by atoms with E-state index in [1.807, 2.05) is 85.8 Å². The van der Waals surface area contributed by atoms with Gasteiger partial charge in [-0.3, -0.25) is 0 Å². The van der Waals surface area contributed by atoms with Crippen molar-refractivity contribution in [2.75, 3.05) is 0 Å². The first-order valence-corrected chi connectivity index (χ1v) is 10.4. The highest BCUT2D eigenvalue weighted by Gasteiger charge is 2.16.